The molecule has 0 aliphatic carbocycles. The number of halogens is 1. The maximum Gasteiger partial charge on any atom is 0.0947 e. The molecule has 2 nitrogen and oxygen atoms in total. The Bertz CT molecular complexity index is 478. The zero-order chi connectivity index (χ0) is 12.3. The van der Waals surface area contributed by atoms with Gasteiger partial charge in [-0.3, -0.25) is 0 Å². The predicted molar refractivity (Wildman–Crippen MR) is 79.0 cm³/mol. The van der Waals surface area contributed by atoms with Gasteiger partial charge in [0.05, 0.1) is 8.79 Å². The van der Waals surface area contributed by atoms with Crippen LogP contribution in [0.2, 0.25) is 0 Å². The number of aryl methyl sites for hydroxylation is 1. The van der Waals surface area contributed by atoms with Crippen LogP contribution in [0.4, 0.5) is 0 Å². The van der Waals surface area contributed by atoms with Gasteiger partial charge in [0, 0.05) is 28.4 Å². The van der Waals surface area contributed by atoms with E-state index in [-0.39, 0.29) is 0 Å². The summed E-state index contributed by atoms with van der Waals surface area (Å²) < 4.78 is 1.19. The van der Waals surface area contributed by atoms with E-state index in [1.807, 2.05) is 6.92 Å². The molecule has 2 rings (SSSR count). The molecule has 5 heteroatoms. The standard InChI is InChI=1S/C12H15BrN2S2/c1-3-14-9(10-4-5-11(13)17-10)6-12-15-8(2)7-16-12/h4-5,7,9,14H,3,6H2,1-2H3. The number of rotatable bonds is 5. The lowest BCUT2D eigenvalue weighted by atomic mass is 10.2. The van der Waals surface area contributed by atoms with Gasteiger partial charge in [-0.15, -0.1) is 22.7 Å². The van der Waals surface area contributed by atoms with Crippen molar-refractivity contribution in [3.8, 4) is 0 Å². The lowest BCUT2D eigenvalue weighted by molar-refractivity contribution is 0.556. The van der Waals surface area contributed by atoms with Crippen LogP contribution in [0.15, 0.2) is 21.3 Å². The summed E-state index contributed by atoms with van der Waals surface area (Å²) in [6.07, 6.45) is 0.972. The summed E-state index contributed by atoms with van der Waals surface area (Å²) in [6, 6.07) is 4.67. The second-order valence-corrected chi connectivity index (χ2v) is 7.28. The van der Waals surface area contributed by atoms with Crippen LogP contribution in [0.1, 0.15) is 28.5 Å². The highest BCUT2D eigenvalue weighted by Gasteiger charge is 2.15. The van der Waals surface area contributed by atoms with Crippen LogP contribution < -0.4 is 5.32 Å². The Morgan fingerprint density at radius 2 is 2.29 bits per heavy atom. The third-order valence-electron chi connectivity index (χ3n) is 2.43. The average Bonchev–Trinajstić information content (AvgIpc) is 2.87. The quantitative estimate of drug-likeness (QED) is 0.889. The van der Waals surface area contributed by atoms with Crippen LogP contribution in [-0.2, 0) is 6.42 Å². The summed E-state index contributed by atoms with van der Waals surface area (Å²) in [5.41, 5.74) is 1.12. The van der Waals surface area contributed by atoms with Gasteiger partial charge in [0.1, 0.15) is 0 Å². The molecular formula is C12H15BrN2S2. The molecule has 2 aromatic rings. The van der Waals surface area contributed by atoms with Crippen molar-refractivity contribution < 1.29 is 0 Å². The maximum absolute atomic E-state index is 4.54. The highest BCUT2D eigenvalue weighted by molar-refractivity contribution is 9.11. The van der Waals surface area contributed by atoms with Crippen LogP contribution in [0.25, 0.3) is 0 Å². The maximum atomic E-state index is 4.54. The van der Waals surface area contributed by atoms with Crippen molar-refractivity contribution in [1.82, 2.24) is 10.3 Å². The summed E-state index contributed by atoms with van der Waals surface area (Å²) in [5, 5.41) is 6.85. The van der Waals surface area contributed by atoms with Gasteiger partial charge in [-0.2, -0.15) is 0 Å². The fourth-order valence-corrected chi connectivity index (χ4v) is 4.02. The largest absolute Gasteiger partial charge is 0.309 e. The minimum absolute atomic E-state index is 0.377. The first kappa shape index (κ1) is 13.2. The molecule has 0 aliphatic rings. The average molecular weight is 331 g/mol. The van der Waals surface area contributed by atoms with Crippen molar-refractivity contribution >= 4 is 38.6 Å². The first-order valence-corrected chi connectivity index (χ1v) is 8.07. The Morgan fingerprint density at radius 3 is 2.82 bits per heavy atom. The van der Waals surface area contributed by atoms with Crippen LogP contribution in [0, 0.1) is 6.92 Å². The lowest BCUT2D eigenvalue weighted by Gasteiger charge is -2.14. The van der Waals surface area contributed by atoms with Crippen LogP contribution in [0.3, 0.4) is 0 Å². The molecule has 1 unspecified atom stereocenters. The molecule has 0 saturated carbocycles. The smallest absolute Gasteiger partial charge is 0.0947 e. The van der Waals surface area contributed by atoms with Gasteiger partial charge < -0.3 is 5.32 Å². The molecule has 2 aromatic heterocycles. The number of hydrogen-bond acceptors (Lipinski definition) is 4. The fraction of sp³-hybridized carbons (Fsp3) is 0.417. The molecule has 0 radical (unpaired) electrons. The predicted octanol–water partition coefficient (Wildman–Crippen LogP) is 4.17. The highest BCUT2D eigenvalue weighted by Crippen LogP contribution is 2.29. The van der Waals surface area contributed by atoms with E-state index in [0.717, 1.165) is 18.7 Å². The Morgan fingerprint density at radius 1 is 1.47 bits per heavy atom. The lowest BCUT2D eigenvalue weighted by Crippen LogP contribution is -2.22. The Kier molecular flexibility index (Phi) is 4.73. The van der Waals surface area contributed by atoms with E-state index in [4.69, 9.17) is 0 Å². The first-order valence-electron chi connectivity index (χ1n) is 5.58. The molecule has 2 heterocycles. The van der Waals surface area contributed by atoms with E-state index in [9.17, 15) is 0 Å². The number of thiazole rings is 1. The number of thiophene rings is 1. The Hall–Kier alpha value is -0.230. The van der Waals surface area contributed by atoms with E-state index in [2.05, 4.69) is 50.7 Å². The van der Waals surface area contributed by atoms with Gasteiger partial charge in [-0.1, -0.05) is 6.92 Å². The second kappa shape index (κ2) is 6.09. The van der Waals surface area contributed by atoms with E-state index in [0.29, 0.717) is 6.04 Å². The SMILES string of the molecule is CCNC(Cc1nc(C)cs1)c1ccc(Br)s1. The van der Waals surface area contributed by atoms with Gasteiger partial charge in [-0.25, -0.2) is 4.98 Å². The van der Waals surface area contributed by atoms with Gasteiger partial charge in [0.25, 0.3) is 0 Å². The highest BCUT2D eigenvalue weighted by atomic mass is 79.9. The van der Waals surface area contributed by atoms with E-state index < -0.39 is 0 Å². The third-order valence-corrected chi connectivity index (χ3v) is 5.16. The molecule has 0 spiro atoms. The first-order chi connectivity index (χ1) is 8.19. The molecule has 0 saturated heterocycles. The van der Waals surface area contributed by atoms with Gasteiger partial charge in [0.15, 0.2) is 0 Å². The van der Waals surface area contributed by atoms with Crippen molar-refractivity contribution in [2.45, 2.75) is 26.3 Å². The van der Waals surface area contributed by atoms with Crippen molar-refractivity contribution in [1.29, 1.82) is 0 Å². The topological polar surface area (TPSA) is 24.9 Å². The van der Waals surface area contributed by atoms with Crippen molar-refractivity contribution in [2.75, 3.05) is 6.54 Å². The summed E-state index contributed by atoms with van der Waals surface area (Å²) in [5.74, 6) is 0. The number of hydrogen-bond donors (Lipinski definition) is 1. The normalized spacial score (nSPS) is 12.9. The zero-order valence-electron chi connectivity index (χ0n) is 9.87. The molecular weight excluding hydrogens is 316 g/mol. The third kappa shape index (κ3) is 3.61. The van der Waals surface area contributed by atoms with Gasteiger partial charge in [-0.05, 0) is 41.5 Å². The van der Waals surface area contributed by atoms with Crippen LogP contribution in [-0.4, -0.2) is 11.5 Å². The molecule has 0 aliphatic heterocycles. The monoisotopic (exact) mass is 330 g/mol. The minimum Gasteiger partial charge on any atom is -0.309 e. The van der Waals surface area contributed by atoms with Gasteiger partial charge in [0.2, 0.25) is 0 Å². The van der Waals surface area contributed by atoms with Crippen molar-refractivity contribution in [2.24, 2.45) is 0 Å². The number of aromatic nitrogens is 1. The molecule has 17 heavy (non-hydrogen) atoms. The van der Waals surface area contributed by atoms with Gasteiger partial charge >= 0.3 is 0 Å². The number of likely N-dealkylation sites (N-methyl/N-ethyl adjacent to an activating group) is 1. The van der Waals surface area contributed by atoms with E-state index >= 15 is 0 Å². The van der Waals surface area contributed by atoms with Crippen LogP contribution in [0.5, 0.6) is 0 Å². The molecule has 0 aromatic carbocycles. The van der Waals surface area contributed by atoms with Crippen molar-refractivity contribution in [3.63, 3.8) is 0 Å². The Labute approximate surface area is 118 Å². The molecule has 0 fully saturated rings. The summed E-state index contributed by atoms with van der Waals surface area (Å²) in [6.45, 7) is 5.16. The molecule has 92 valence electrons. The molecule has 0 bridgehead atoms. The van der Waals surface area contributed by atoms with E-state index in [1.54, 1.807) is 22.7 Å². The zero-order valence-corrected chi connectivity index (χ0v) is 13.1. The fourth-order valence-electron chi connectivity index (χ4n) is 1.71. The Balaban J connectivity index is 2.12. The second-order valence-electron chi connectivity index (χ2n) is 3.84. The van der Waals surface area contributed by atoms with E-state index in [1.165, 1.54) is 13.7 Å². The number of nitrogens with zero attached hydrogens (tertiary/aromatic N) is 1. The minimum atomic E-state index is 0.377. The molecule has 1 atom stereocenters. The van der Waals surface area contributed by atoms with Crippen molar-refractivity contribution in [3.05, 3.63) is 36.9 Å². The summed E-state index contributed by atoms with van der Waals surface area (Å²) in [4.78, 5) is 5.90. The van der Waals surface area contributed by atoms with Crippen LogP contribution >= 0.6 is 38.6 Å². The summed E-state index contributed by atoms with van der Waals surface area (Å²) >= 11 is 7.06. The summed E-state index contributed by atoms with van der Waals surface area (Å²) in [7, 11) is 0. The molecule has 0 amide bonds. The number of nitrogens with one attached hydrogen (secondary N) is 1. The molecule has 1 N–H and O–H groups in total.